The molecule has 0 saturated carbocycles. The summed E-state index contributed by atoms with van der Waals surface area (Å²) in [5.74, 6) is 0.404. The molecule has 128 valence electrons. The molecule has 0 atom stereocenters. The van der Waals surface area contributed by atoms with Gasteiger partial charge in [0.25, 0.3) is 0 Å². The topological polar surface area (TPSA) is 101 Å². The number of hydrogen-bond acceptors (Lipinski definition) is 6. The first kappa shape index (κ1) is 17.0. The van der Waals surface area contributed by atoms with Crippen molar-refractivity contribution < 1.29 is 14.4 Å². The molecule has 0 spiro atoms. The lowest BCUT2D eigenvalue weighted by Gasteiger charge is -2.14. The number of nitrogens with two attached hydrogens (primary N) is 1. The fourth-order valence-electron chi connectivity index (χ4n) is 2.75. The first-order valence-electron chi connectivity index (χ1n) is 7.21. The van der Waals surface area contributed by atoms with Crippen LogP contribution in [0.1, 0.15) is 0 Å². The number of hydrogen-bond donors (Lipinski definition) is 1. The minimum atomic E-state index is -0.525. The molecule has 2 aromatic carbocycles. The molecule has 0 unspecified atom stereocenters. The van der Waals surface area contributed by atoms with Gasteiger partial charge in [-0.25, -0.2) is 0 Å². The average molecular weight is 404 g/mol. The Morgan fingerprint density at radius 3 is 2.56 bits per heavy atom. The summed E-state index contributed by atoms with van der Waals surface area (Å²) in [4.78, 5) is 15.1. The molecule has 0 radical (unpaired) electrons. The molecule has 2 N–H and O–H groups in total. The molecule has 0 aliphatic heterocycles. The summed E-state index contributed by atoms with van der Waals surface area (Å²) in [6.07, 6.45) is 1.56. The first-order chi connectivity index (χ1) is 12.0. The van der Waals surface area contributed by atoms with Gasteiger partial charge in [0.1, 0.15) is 11.3 Å². The van der Waals surface area contributed by atoms with E-state index < -0.39 is 4.92 Å². The van der Waals surface area contributed by atoms with Crippen molar-refractivity contribution in [3.05, 3.63) is 51.1 Å². The average Bonchev–Trinajstić information content (AvgIpc) is 2.61. The van der Waals surface area contributed by atoms with Gasteiger partial charge in [-0.3, -0.25) is 15.1 Å². The van der Waals surface area contributed by atoms with Gasteiger partial charge in [-0.15, -0.1) is 0 Å². The van der Waals surface area contributed by atoms with E-state index in [1.165, 1.54) is 20.3 Å². The van der Waals surface area contributed by atoms with Crippen LogP contribution in [0.4, 0.5) is 11.4 Å². The number of nitrogen functional groups attached to an aromatic ring is 1. The molecule has 3 aromatic rings. The van der Waals surface area contributed by atoms with Crippen LogP contribution in [0.5, 0.6) is 11.5 Å². The highest BCUT2D eigenvalue weighted by atomic mass is 79.9. The van der Waals surface area contributed by atoms with Crippen LogP contribution in [0.25, 0.3) is 22.0 Å². The number of halogens is 1. The zero-order valence-corrected chi connectivity index (χ0v) is 15.0. The smallest absolute Gasteiger partial charge is 0.316 e. The minimum Gasteiger partial charge on any atom is -0.496 e. The third-order valence-electron chi connectivity index (χ3n) is 3.84. The number of pyridine rings is 1. The van der Waals surface area contributed by atoms with Crippen LogP contribution < -0.4 is 15.2 Å². The van der Waals surface area contributed by atoms with Crippen molar-refractivity contribution in [2.45, 2.75) is 0 Å². The third kappa shape index (κ3) is 2.85. The van der Waals surface area contributed by atoms with Crippen LogP contribution in [0.2, 0.25) is 0 Å². The number of methoxy groups -OCH3 is 2. The zero-order chi connectivity index (χ0) is 18.1. The summed E-state index contributed by atoms with van der Waals surface area (Å²) in [6.45, 7) is 0. The number of nitro groups is 1. The van der Waals surface area contributed by atoms with Crippen LogP contribution in [0.15, 0.2) is 41.0 Å². The van der Waals surface area contributed by atoms with Crippen LogP contribution in [0.3, 0.4) is 0 Å². The Kier molecular flexibility index (Phi) is 4.45. The molecule has 0 aliphatic carbocycles. The largest absolute Gasteiger partial charge is 0.496 e. The Hall–Kier alpha value is -2.87. The Morgan fingerprint density at radius 2 is 1.92 bits per heavy atom. The van der Waals surface area contributed by atoms with Gasteiger partial charge in [0.2, 0.25) is 5.75 Å². The van der Waals surface area contributed by atoms with Crippen molar-refractivity contribution in [1.29, 1.82) is 0 Å². The van der Waals surface area contributed by atoms with Crippen LogP contribution in [-0.2, 0) is 0 Å². The Balaban J connectivity index is 2.47. The first-order valence-corrected chi connectivity index (χ1v) is 8.00. The van der Waals surface area contributed by atoms with E-state index in [0.29, 0.717) is 22.3 Å². The van der Waals surface area contributed by atoms with E-state index in [1.807, 2.05) is 12.1 Å². The molecule has 7 nitrogen and oxygen atoms in total. The Bertz CT molecular complexity index is 991. The maximum atomic E-state index is 11.4. The van der Waals surface area contributed by atoms with Crippen molar-refractivity contribution >= 4 is 38.2 Å². The van der Waals surface area contributed by atoms with Gasteiger partial charge in [0, 0.05) is 21.9 Å². The van der Waals surface area contributed by atoms with Crippen molar-refractivity contribution in [3.63, 3.8) is 0 Å². The lowest BCUT2D eigenvalue weighted by atomic mass is 9.98. The molecular weight excluding hydrogens is 390 g/mol. The van der Waals surface area contributed by atoms with Crippen molar-refractivity contribution in [3.8, 4) is 22.6 Å². The van der Waals surface area contributed by atoms with Gasteiger partial charge in [-0.2, -0.15) is 0 Å². The second-order valence-corrected chi connectivity index (χ2v) is 6.12. The summed E-state index contributed by atoms with van der Waals surface area (Å²) in [7, 11) is 2.82. The van der Waals surface area contributed by atoms with Gasteiger partial charge in [-0.05, 0) is 29.8 Å². The molecule has 0 amide bonds. The van der Waals surface area contributed by atoms with E-state index in [4.69, 9.17) is 15.2 Å². The number of fused-ring (bicyclic) bond motifs is 1. The highest BCUT2D eigenvalue weighted by Gasteiger charge is 2.25. The fraction of sp³-hybridized carbons (Fsp3) is 0.118. The third-order valence-corrected chi connectivity index (χ3v) is 4.33. The molecule has 0 aliphatic rings. The number of rotatable bonds is 4. The number of ether oxygens (including phenoxy) is 2. The lowest BCUT2D eigenvalue weighted by Crippen LogP contribution is -2.00. The van der Waals surface area contributed by atoms with E-state index in [2.05, 4.69) is 20.9 Å². The second kappa shape index (κ2) is 6.56. The maximum Gasteiger partial charge on any atom is 0.316 e. The molecule has 8 heteroatoms. The number of nitrogens with zero attached hydrogens (tertiary/aromatic N) is 2. The van der Waals surface area contributed by atoms with E-state index >= 15 is 0 Å². The maximum absolute atomic E-state index is 11.4. The van der Waals surface area contributed by atoms with E-state index in [0.717, 1.165) is 15.6 Å². The molecule has 0 saturated heterocycles. The SMILES string of the molecule is COc1c([N+](=O)[O-])cc(OC)c2c(-c3cc(Br)ccc3N)ccnc12. The molecule has 1 aromatic heterocycles. The van der Waals surface area contributed by atoms with Crippen molar-refractivity contribution in [2.75, 3.05) is 20.0 Å². The zero-order valence-electron chi connectivity index (χ0n) is 13.4. The summed E-state index contributed by atoms with van der Waals surface area (Å²) < 4.78 is 11.5. The standard InChI is InChI=1S/C17H14BrN3O4/c1-24-14-8-13(21(22)23)17(25-2)16-15(14)10(5-6-20-16)11-7-9(18)3-4-12(11)19/h3-8H,19H2,1-2H3. The van der Waals surface area contributed by atoms with E-state index in [1.54, 1.807) is 18.3 Å². The quantitative estimate of drug-likeness (QED) is 0.398. The predicted octanol–water partition coefficient (Wildman–Crippen LogP) is 4.17. The normalized spacial score (nSPS) is 10.7. The van der Waals surface area contributed by atoms with E-state index in [9.17, 15) is 10.1 Å². The fourth-order valence-corrected chi connectivity index (χ4v) is 3.11. The molecular formula is C17H14BrN3O4. The molecule has 0 bridgehead atoms. The molecule has 1 heterocycles. The van der Waals surface area contributed by atoms with Gasteiger partial charge in [-0.1, -0.05) is 15.9 Å². The van der Waals surface area contributed by atoms with E-state index in [-0.39, 0.29) is 11.4 Å². The van der Waals surface area contributed by atoms with Crippen LogP contribution in [0, 0.1) is 10.1 Å². The number of aromatic nitrogens is 1. The summed E-state index contributed by atoms with van der Waals surface area (Å²) in [5.41, 5.74) is 8.33. The van der Waals surface area contributed by atoms with Gasteiger partial charge < -0.3 is 15.2 Å². The Morgan fingerprint density at radius 1 is 1.16 bits per heavy atom. The minimum absolute atomic E-state index is 0.0798. The number of anilines is 1. The summed E-state index contributed by atoms with van der Waals surface area (Å²) >= 11 is 3.44. The Labute approximate surface area is 151 Å². The van der Waals surface area contributed by atoms with Crippen LogP contribution >= 0.6 is 15.9 Å². The second-order valence-electron chi connectivity index (χ2n) is 5.20. The number of benzene rings is 2. The van der Waals surface area contributed by atoms with Crippen molar-refractivity contribution in [1.82, 2.24) is 4.98 Å². The van der Waals surface area contributed by atoms with Crippen molar-refractivity contribution in [2.24, 2.45) is 0 Å². The lowest BCUT2D eigenvalue weighted by molar-refractivity contribution is -0.385. The van der Waals surface area contributed by atoms with Gasteiger partial charge in [0.05, 0.1) is 30.6 Å². The number of nitro benzene ring substituents is 1. The van der Waals surface area contributed by atoms with Gasteiger partial charge >= 0.3 is 5.69 Å². The summed E-state index contributed by atoms with van der Waals surface area (Å²) in [6, 6.07) is 8.61. The molecule has 3 rings (SSSR count). The van der Waals surface area contributed by atoms with Crippen LogP contribution in [-0.4, -0.2) is 24.1 Å². The highest BCUT2D eigenvalue weighted by molar-refractivity contribution is 9.10. The molecule has 25 heavy (non-hydrogen) atoms. The highest BCUT2D eigenvalue weighted by Crippen LogP contribution is 2.45. The summed E-state index contributed by atoms with van der Waals surface area (Å²) in [5, 5.41) is 12.0. The van der Waals surface area contributed by atoms with Gasteiger partial charge in [0.15, 0.2) is 0 Å². The molecule has 0 fully saturated rings. The predicted molar refractivity (Wildman–Crippen MR) is 99.0 cm³/mol. The monoisotopic (exact) mass is 403 g/mol.